The minimum absolute atomic E-state index is 0.0649. The fraction of sp³-hybridized carbons (Fsp3) is 0.143. The number of hydrogen-bond donors (Lipinski definition) is 1. The van der Waals surface area contributed by atoms with Crippen molar-refractivity contribution in [1.82, 2.24) is 0 Å². The van der Waals surface area contributed by atoms with E-state index in [1.165, 1.54) is 10.4 Å². The molecule has 1 heterocycles. The van der Waals surface area contributed by atoms with Gasteiger partial charge in [0.1, 0.15) is 18.2 Å². The number of ether oxygens (including phenoxy) is 1. The molecular formula is C14H13FN2O3S. The summed E-state index contributed by atoms with van der Waals surface area (Å²) >= 11 is 0. The summed E-state index contributed by atoms with van der Waals surface area (Å²) in [6.07, 6.45) is 0. The number of nitrogen functional groups attached to an aromatic ring is 1. The highest BCUT2D eigenvalue weighted by molar-refractivity contribution is 7.92. The van der Waals surface area contributed by atoms with Crippen molar-refractivity contribution >= 4 is 21.4 Å². The average Bonchev–Trinajstić information content (AvgIpc) is 2.45. The molecule has 0 bridgehead atoms. The van der Waals surface area contributed by atoms with Crippen LogP contribution in [0.5, 0.6) is 5.75 Å². The normalized spacial score (nSPS) is 14.4. The standard InChI is InChI=1S/C14H13FN2O3S/c15-10-7-11(16)9-12(8-10)21(18,19)17-5-6-20-14-4-2-1-3-13(14)17/h1-4,7-9H,5-6,16H2. The SMILES string of the molecule is Nc1cc(F)cc(S(=O)(=O)N2CCOc3ccccc32)c1. The van der Waals surface area contributed by atoms with Crippen LogP contribution < -0.4 is 14.8 Å². The molecule has 7 heteroatoms. The molecule has 2 aromatic rings. The van der Waals surface area contributed by atoms with Gasteiger partial charge in [-0.05, 0) is 30.3 Å². The van der Waals surface area contributed by atoms with Gasteiger partial charge >= 0.3 is 0 Å². The lowest BCUT2D eigenvalue weighted by Gasteiger charge is -2.30. The summed E-state index contributed by atoms with van der Waals surface area (Å²) in [4.78, 5) is -0.170. The predicted octanol–water partition coefficient (Wildman–Crippen LogP) is 2.00. The van der Waals surface area contributed by atoms with Crippen LogP contribution in [0.25, 0.3) is 0 Å². The molecule has 0 aromatic heterocycles. The van der Waals surface area contributed by atoms with Crippen molar-refractivity contribution in [2.24, 2.45) is 0 Å². The smallest absolute Gasteiger partial charge is 0.264 e. The van der Waals surface area contributed by atoms with Crippen LogP contribution in [-0.2, 0) is 10.0 Å². The second-order valence-corrected chi connectivity index (χ2v) is 6.48. The van der Waals surface area contributed by atoms with E-state index >= 15 is 0 Å². The number of para-hydroxylation sites is 2. The van der Waals surface area contributed by atoms with Gasteiger partial charge in [-0.2, -0.15) is 0 Å². The highest BCUT2D eigenvalue weighted by atomic mass is 32.2. The molecule has 0 radical (unpaired) electrons. The average molecular weight is 308 g/mol. The molecule has 0 amide bonds. The second kappa shape index (κ2) is 4.92. The quantitative estimate of drug-likeness (QED) is 0.861. The van der Waals surface area contributed by atoms with E-state index in [0.29, 0.717) is 11.4 Å². The number of benzene rings is 2. The summed E-state index contributed by atoms with van der Waals surface area (Å²) in [5.41, 5.74) is 6.03. The Morgan fingerprint density at radius 2 is 1.95 bits per heavy atom. The second-order valence-electron chi connectivity index (χ2n) is 4.61. The van der Waals surface area contributed by atoms with Crippen LogP contribution in [0.4, 0.5) is 15.8 Å². The van der Waals surface area contributed by atoms with Gasteiger partial charge in [0, 0.05) is 5.69 Å². The summed E-state index contributed by atoms with van der Waals surface area (Å²) in [7, 11) is -3.89. The van der Waals surface area contributed by atoms with Crippen molar-refractivity contribution in [3.05, 3.63) is 48.3 Å². The van der Waals surface area contributed by atoms with E-state index in [0.717, 1.165) is 12.1 Å². The van der Waals surface area contributed by atoms with Gasteiger partial charge in [0.2, 0.25) is 0 Å². The zero-order chi connectivity index (χ0) is 15.0. The lowest BCUT2D eigenvalue weighted by molar-refractivity contribution is 0.316. The molecule has 0 spiro atoms. The molecular weight excluding hydrogens is 295 g/mol. The third kappa shape index (κ3) is 2.40. The number of nitrogens with zero attached hydrogens (tertiary/aromatic N) is 1. The number of anilines is 2. The maximum atomic E-state index is 13.4. The summed E-state index contributed by atoms with van der Waals surface area (Å²) in [5, 5.41) is 0. The van der Waals surface area contributed by atoms with Crippen LogP contribution in [0, 0.1) is 5.82 Å². The number of hydrogen-bond acceptors (Lipinski definition) is 4. The molecule has 3 rings (SSSR count). The van der Waals surface area contributed by atoms with Crippen LogP contribution in [0.15, 0.2) is 47.4 Å². The van der Waals surface area contributed by atoms with Crippen molar-refractivity contribution < 1.29 is 17.5 Å². The van der Waals surface area contributed by atoms with E-state index in [2.05, 4.69) is 0 Å². The molecule has 2 aromatic carbocycles. The highest BCUT2D eigenvalue weighted by Gasteiger charge is 2.30. The van der Waals surface area contributed by atoms with Crippen LogP contribution in [0.1, 0.15) is 0 Å². The lowest BCUT2D eigenvalue weighted by Crippen LogP contribution is -2.37. The van der Waals surface area contributed by atoms with Crippen LogP contribution >= 0.6 is 0 Å². The molecule has 2 N–H and O–H groups in total. The Morgan fingerprint density at radius 1 is 1.19 bits per heavy atom. The molecule has 1 aliphatic rings. The van der Waals surface area contributed by atoms with Crippen molar-refractivity contribution in [2.75, 3.05) is 23.2 Å². The number of halogens is 1. The summed E-state index contributed by atoms with van der Waals surface area (Å²) < 4.78 is 45.5. The molecule has 0 atom stereocenters. The van der Waals surface area contributed by atoms with Crippen LogP contribution in [0.3, 0.4) is 0 Å². The van der Waals surface area contributed by atoms with Crippen molar-refractivity contribution in [3.8, 4) is 5.75 Å². The first-order valence-electron chi connectivity index (χ1n) is 6.29. The zero-order valence-electron chi connectivity index (χ0n) is 11.0. The maximum Gasteiger partial charge on any atom is 0.264 e. The number of nitrogens with two attached hydrogens (primary N) is 1. The Hall–Kier alpha value is -2.28. The van der Waals surface area contributed by atoms with E-state index in [9.17, 15) is 12.8 Å². The van der Waals surface area contributed by atoms with Crippen LogP contribution in [0.2, 0.25) is 0 Å². The molecule has 0 unspecified atom stereocenters. The molecule has 1 aliphatic heterocycles. The summed E-state index contributed by atoms with van der Waals surface area (Å²) in [5.74, 6) is -0.202. The Bertz CT molecular complexity index is 772. The van der Waals surface area contributed by atoms with Gasteiger partial charge in [-0.1, -0.05) is 12.1 Å². The zero-order valence-corrected chi connectivity index (χ0v) is 11.8. The Labute approximate surface area is 121 Å². The first kappa shape index (κ1) is 13.7. The topological polar surface area (TPSA) is 72.6 Å². The van der Waals surface area contributed by atoms with Gasteiger partial charge in [0.25, 0.3) is 10.0 Å². The predicted molar refractivity (Wildman–Crippen MR) is 77.3 cm³/mol. The van der Waals surface area contributed by atoms with Gasteiger partial charge in [0.05, 0.1) is 17.1 Å². The molecule has 0 saturated heterocycles. The monoisotopic (exact) mass is 308 g/mol. The van der Waals surface area contributed by atoms with Gasteiger partial charge in [-0.25, -0.2) is 12.8 Å². The van der Waals surface area contributed by atoms with E-state index in [1.54, 1.807) is 24.3 Å². The number of fused-ring (bicyclic) bond motifs is 1. The molecule has 0 saturated carbocycles. The lowest BCUT2D eigenvalue weighted by atomic mass is 10.2. The van der Waals surface area contributed by atoms with E-state index < -0.39 is 15.8 Å². The van der Waals surface area contributed by atoms with E-state index in [4.69, 9.17) is 10.5 Å². The minimum Gasteiger partial charge on any atom is -0.489 e. The molecule has 21 heavy (non-hydrogen) atoms. The van der Waals surface area contributed by atoms with E-state index in [1.807, 2.05) is 0 Å². The van der Waals surface area contributed by atoms with Crippen molar-refractivity contribution in [1.29, 1.82) is 0 Å². The third-order valence-electron chi connectivity index (χ3n) is 3.17. The molecule has 5 nitrogen and oxygen atoms in total. The van der Waals surface area contributed by atoms with Crippen molar-refractivity contribution in [2.45, 2.75) is 4.90 Å². The van der Waals surface area contributed by atoms with Crippen LogP contribution in [-0.4, -0.2) is 21.6 Å². The van der Waals surface area contributed by atoms with Crippen molar-refractivity contribution in [3.63, 3.8) is 0 Å². The van der Waals surface area contributed by atoms with Gasteiger partial charge in [-0.15, -0.1) is 0 Å². The first-order valence-corrected chi connectivity index (χ1v) is 7.73. The summed E-state index contributed by atoms with van der Waals surface area (Å²) in [6, 6.07) is 10.1. The largest absolute Gasteiger partial charge is 0.489 e. The fourth-order valence-electron chi connectivity index (χ4n) is 2.25. The Morgan fingerprint density at radius 3 is 2.71 bits per heavy atom. The van der Waals surface area contributed by atoms with E-state index in [-0.39, 0.29) is 23.7 Å². The third-order valence-corrected chi connectivity index (χ3v) is 4.96. The summed E-state index contributed by atoms with van der Waals surface area (Å²) in [6.45, 7) is 0.400. The Kier molecular flexibility index (Phi) is 3.21. The number of rotatable bonds is 2. The highest BCUT2D eigenvalue weighted by Crippen LogP contribution is 2.35. The number of sulfonamides is 1. The fourth-order valence-corrected chi connectivity index (χ4v) is 3.78. The van der Waals surface area contributed by atoms with Gasteiger partial charge in [0.15, 0.2) is 0 Å². The molecule has 0 fully saturated rings. The van der Waals surface area contributed by atoms with Gasteiger partial charge in [-0.3, -0.25) is 4.31 Å². The molecule has 0 aliphatic carbocycles. The maximum absolute atomic E-state index is 13.4. The van der Waals surface area contributed by atoms with Gasteiger partial charge < -0.3 is 10.5 Å². The minimum atomic E-state index is -3.89. The first-order chi connectivity index (χ1) is 9.98. The Balaban J connectivity index is 2.11. The molecule has 110 valence electrons.